The summed E-state index contributed by atoms with van der Waals surface area (Å²) in [6, 6.07) is 8.45. The Labute approximate surface area is 89.8 Å². The zero-order valence-corrected chi connectivity index (χ0v) is 8.80. The molecule has 14 heavy (non-hydrogen) atoms. The first-order chi connectivity index (χ1) is 6.86. The van der Waals surface area contributed by atoms with E-state index >= 15 is 0 Å². The molecule has 0 aromatic heterocycles. The molecule has 2 rings (SSSR count). The molecule has 0 bridgehead atoms. The fourth-order valence-corrected chi connectivity index (χ4v) is 1.90. The Morgan fingerprint density at radius 2 is 2.21 bits per heavy atom. The van der Waals surface area contributed by atoms with Crippen molar-refractivity contribution in [1.29, 1.82) is 0 Å². The summed E-state index contributed by atoms with van der Waals surface area (Å²) < 4.78 is 0. The topological polar surface area (TPSA) is 12.0 Å². The van der Waals surface area contributed by atoms with Gasteiger partial charge in [0.1, 0.15) is 0 Å². The minimum Gasteiger partial charge on any atom is -0.311 e. The molecular weight excluding hydrogens is 194 g/mol. The summed E-state index contributed by atoms with van der Waals surface area (Å²) in [7, 11) is 0. The molecule has 1 heterocycles. The van der Waals surface area contributed by atoms with Gasteiger partial charge in [-0.1, -0.05) is 42.0 Å². The third kappa shape index (κ3) is 2.37. The van der Waals surface area contributed by atoms with Crippen LogP contribution in [0.2, 0.25) is 5.02 Å². The predicted molar refractivity (Wildman–Crippen MR) is 61.5 cm³/mol. The molecule has 0 aliphatic carbocycles. The summed E-state index contributed by atoms with van der Waals surface area (Å²) in [5.74, 6) is 0. The summed E-state index contributed by atoms with van der Waals surface area (Å²) in [5.41, 5.74) is 1.10. The van der Waals surface area contributed by atoms with E-state index in [0.717, 1.165) is 17.1 Å². The lowest BCUT2D eigenvalue weighted by molar-refractivity contribution is 0.730. The van der Waals surface area contributed by atoms with Gasteiger partial charge in [-0.3, -0.25) is 0 Å². The van der Waals surface area contributed by atoms with Crippen LogP contribution in [0.25, 0.3) is 6.08 Å². The maximum Gasteiger partial charge on any atom is 0.0478 e. The van der Waals surface area contributed by atoms with Gasteiger partial charge in [0.2, 0.25) is 0 Å². The van der Waals surface area contributed by atoms with E-state index in [-0.39, 0.29) is 0 Å². The van der Waals surface area contributed by atoms with Gasteiger partial charge in [-0.25, -0.2) is 0 Å². The van der Waals surface area contributed by atoms with Crippen molar-refractivity contribution < 1.29 is 0 Å². The first kappa shape index (κ1) is 9.75. The quantitative estimate of drug-likeness (QED) is 0.786. The van der Waals surface area contributed by atoms with Gasteiger partial charge in [0, 0.05) is 11.1 Å². The molecule has 2 heteroatoms. The van der Waals surface area contributed by atoms with Crippen LogP contribution in [-0.2, 0) is 0 Å². The molecule has 1 aromatic carbocycles. The molecule has 0 radical (unpaired) electrons. The fourth-order valence-electron chi connectivity index (χ4n) is 1.71. The van der Waals surface area contributed by atoms with Crippen LogP contribution >= 0.6 is 11.6 Å². The first-order valence-electron chi connectivity index (χ1n) is 5.02. The van der Waals surface area contributed by atoms with Gasteiger partial charge < -0.3 is 5.32 Å². The molecule has 0 saturated carbocycles. The first-order valence-corrected chi connectivity index (χ1v) is 5.40. The Bertz CT molecular complexity index is 327. The lowest BCUT2D eigenvalue weighted by atomic mass is 10.1. The highest BCUT2D eigenvalue weighted by molar-refractivity contribution is 6.32. The molecule has 1 unspecified atom stereocenters. The third-order valence-corrected chi connectivity index (χ3v) is 2.86. The van der Waals surface area contributed by atoms with Crippen molar-refractivity contribution in [3.63, 3.8) is 0 Å². The van der Waals surface area contributed by atoms with E-state index in [1.165, 1.54) is 12.8 Å². The number of rotatable bonds is 2. The van der Waals surface area contributed by atoms with Gasteiger partial charge in [-0.05, 0) is 31.0 Å². The Hall–Kier alpha value is -0.790. The average Bonchev–Trinajstić information content (AvgIpc) is 2.69. The Balaban J connectivity index is 2.06. The van der Waals surface area contributed by atoms with Gasteiger partial charge in [0.15, 0.2) is 0 Å². The summed E-state index contributed by atoms with van der Waals surface area (Å²) in [5, 5.41) is 4.24. The average molecular weight is 208 g/mol. The van der Waals surface area contributed by atoms with Crippen LogP contribution < -0.4 is 5.32 Å². The molecule has 1 saturated heterocycles. The van der Waals surface area contributed by atoms with Crippen molar-refractivity contribution in [2.45, 2.75) is 18.9 Å². The Morgan fingerprint density at radius 1 is 1.36 bits per heavy atom. The minimum absolute atomic E-state index is 0.534. The van der Waals surface area contributed by atoms with Crippen LogP contribution in [0, 0.1) is 0 Å². The largest absolute Gasteiger partial charge is 0.311 e. The van der Waals surface area contributed by atoms with Gasteiger partial charge in [-0.15, -0.1) is 0 Å². The van der Waals surface area contributed by atoms with Crippen molar-refractivity contribution in [2.24, 2.45) is 0 Å². The molecule has 1 aliphatic heterocycles. The van der Waals surface area contributed by atoms with E-state index in [4.69, 9.17) is 11.6 Å². The second-order valence-electron chi connectivity index (χ2n) is 3.58. The van der Waals surface area contributed by atoms with Gasteiger partial charge in [0.25, 0.3) is 0 Å². The summed E-state index contributed by atoms with van der Waals surface area (Å²) in [6.45, 7) is 1.14. The molecule has 1 atom stereocenters. The molecule has 1 fully saturated rings. The van der Waals surface area contributed by atoms with E-state index in [0.29, 0.717) is 6.04 Å². The van der Waals surface area contributed by atoms with E-state index in [1.807, 2.05) is 24.3 Å². The number of nitrogens with one attached hydrogen (secondary N) is 1. The molecule has 74 valence electrons. The third-order valence-electron chi connectivity index (χ3n) is 2.51. The van der Waals surface area contributed by atoms with Crippen molar-refractivity contribution in [2.75, 3.05) is 6.54 Å². The maximum absolute atomic E-state index is 6.04. The number of halogens is 1. The van der Waals surface area contributed by atoms with Crippen LogP contribution in [0.3, 0.4) is 0 Å². The molecule has 0 spiro atoms. The molecule has 1 N–H and O–H groups in total. The van der Waals surface area contributed by atoms with Crippen LogP contribution in [0.1, 0.15) is 18.4 Å². The summed E-state index contributed by atoms with van der Waals surface area (Å²) in [4.78, 5) is 0. The van der Waals surface area contributed by atoms with Gasteiger partial charge in [0.05, 0.1) is 0 Å². The van der Waals surface area contributed by atoms with E-state index < -0.39 is 0 Å². The van der Waals surface area contributed by atoms with Gasteiger partial charge >= 0.3 is 0 Å². The number of hydrogen-bond acceptors (Lipinski definition) is 1. The molecular formula is C12H14ClN. The zero-order valence-electron chi connectivity index (χ0n) is 8.04. The second-order valence-corrected chi connectivity index (χ2v) is 3.99. The van der Waals surface area contributed by atoms with E-state index in [1.54, 1.807) is 0 Å². The number of benzene rings is 1. The molecule has 1 nitrogen and oxygen atoms in total. The highest BCUT2D eigenvalue weighted by atomic mass is 35.5. The maximum atomic E-state index is 6.04. The van der Waals surface area contributed by atoms with Crippen LogP contribution in [0.5, 0.6) is 0 Å². The lowest BCUT2D eigenvalue weighted by Gasteiger charge is -2.02. The summed E-state index contributed by atoms with van der Waals surface area (Å²) >= 11 is 6.04. The normalized spacial score (nSPS) is 21.9. The summed E-state index contributed by atoms with van der Waals surface area (Å²) in [6.07, 6.45) is 6.82. The van der Waals surface area contributed by atoms with Crippen LogP contribution in [-0.4, -0.2) is 12.6 Å². The Kier molecular flexibility index (Phi) is 3.22. The monoisotopic (exact) mass is 207 g/mol. The molecule has 1 aromatic rings. The van der Waals surface area contributed by atoms with E-state index in [2.05, 4.69) is 17.5 Å². The van der Waals surface area contributed by atoms with Crippen LogP contribution in [0.4, 0.5) is 0 Å². The Morgan fingerprint density at radius 3 is 2.93 bits per heavy atom. The van der Waals surface area contributed by atoms with Crippen molar-refractivity contribution >= 4 is 17.7 Å². The smallest absolute Gasteiger partial charge is 0.0478 e. The van der Waals surface area contributed by atoms with E-state index in [9.17, 15) is 0 Å². The van der Waals surface area contributed by atoms with Crippen molar-refractivity contribution in [3.8, 4) is 0 Å². The molecule has 1 aliphatic rings. The predicted octanol–water partition coefficient (Wildman–Crippen LogP) is 3.11. The standard InChI is InChI=1S/C12H14ClN/c13-12-6-2-1-4-10(12)7-8-11-5-3-9-14-11/h1-2,4,6-8,11,14H,3,5,9H2/b8-7+. The fraction of sp³-hybridized carbons (Fsp3) is 0.333. The second kappa shape index (κ2) is 4.63. The highest BCUT2D eigenvalue weighted by Gasteiger charge is 2.09. The number of hydrogen-bond donors (Lipinski definition) is 1. The minimum atomic E-state index is 0.534. The van der Waals surface area contributed by atoms with Crippen LogP contribution in [0.15, 0.2) is 30.3 Å². The van der Waals surface area contributed by atoms with Crippen molar-refractivity contribution in [3.05, 3.63) is 40.9 Å². The van der Waals surface area contributed by atoms with Gasteiger partial charge in [-0.2, -0.15) is 0 Å². The molecule has 0 amide bonds. The lowest BCUT2D eigenvalue weighted by Crippen LogP contribution is -2.17. The SMILES string of the molecule is Clc1ccccc1/C=C/C1CCCN1. The zero-order chi connectivity index (χ0) is 9.80. The van der Waals surface area contributed by atoms with Crippen molar-refractivity contribution in [1.82, 2.24) is 5.32 Å². The highest BCUT2D eigenvalue weighted by Crippen LogP contribution is 2.17.